The molecule has 5 nitrogen and oxygen atoms in total. The van der Waals surface area contributed by atoms with Gasteiger partial charge in [0.15, 0.2) is 11.5 Å². The fraction of sp³-hybridized carbons (Fsp3) is 0.192. The Labute approximate surface area is 182 Å². The molecule has 31 heavy (non-hydrogen) atoms. The largest absolute Gasteiger partial charge is 0.493 e. The van der Waals surface area contributed by atoms with Crippen molar-refractivity contribution in [1.29, 1.82) is 0 Å². The molecule has 0 amide bonds. The van der Waals surface area contributed by atoms with Crippen molar-refractivity contribution in [2.24, 2.45) is 0 Å². The molecule has 0 N–H and O–H groups in total. The van der Waals surface area contributed by atoms with Gasteiger partial charge in [-0.25, -0.2) is 4.79 Å². The van der Waals surface area contributed by atoms with Crippen molar-refractivity contribution < 1.29 is 23.7 Å². The Hall–Kier alpha value is -3.57. The third-order valence-electron chi connectivity index (χ3n) is 4.67. The number of rotatable bonds is 9. The second-order valence-electron chi connectivity index (χ2n) is 6.98. The molecule has 0 aromatic heterocycles. The Morgan fingerprint density at radius 3 is 1.87 bits per heavy atom. The molecule has 0 atom stereocenters. The van der Waals surface area contributed by atoms with Crippen LogP contribution < -0.4 is 14.2 Å². The number of benzene rings is 3. The summed E-state index contributed by atoms with van der Waals surface area (Å²) in [7, 11) is 3.27. The topological polar surface area (TPSA) is 54.0 Å². The van der Waals surface area contributed by atoms with Crippen molar-refractivity contribution in [3.63, 3.8) is 0 Å². The van der Waals surface area contributed by atoms with Gasteiger partial charge in [-0.3, -0.25) is 0 Å². The second-order valence-corrected chi connectivity index (χ2v) is 6.98. The first-order valence-electron chi connectivity index (χ1n) is 9.90. The summed E-state index contributed by atoms with van der Waals surface area (Å²) < 4.78 is 21.4. The predicted molar refractivity (Wildman–Crippen MR) is 122 cm³/mol. The van der Waals surface area contributed by atoms with Crippen LogP contribution in [0.15, 0.2) is 78.9 Å². The summed E-state index contributed by atoms with van der Waals surface area (Å²) in [5, 5.41) is 0. The van der Waals surface area contributed by atoms with Crippen LogP contribution in [0.1, 0.15) is 6.92 Å². The quantitative estimate of drug-likeness (QED) is 0.198. The molecule has 0 saturated heterocycles. The van der Waals surface area contributed by atoms with E-state index in [9.17, 15) is 4.79 Å². The van der Waals surface area contributed by atoms with Crippen molar-refractivity contribution in [3.8, 4) is 39.5 Å². The minimum Gasteiger partial charge on any atom is -0.493 e. The van der Waals surface area contributed by atoms with Crippen LogP contribution in [0.25, 0.3) is 22.3 Å². The molecule has 3 rings (SSSR count). The molecule has 0 fully saturated rings. The van der Waals surface area contributed by atoms with E-state index in [4.69, 9.17) is 18.9 Å². The fourth-order valence-electron chi connectivity index (χ4n) is 2.97. The lowest BCUT2D eigenvalue weighted by Gasteiger charge is -2.12. The number of methoxy groups -OCH3 is 2. The summed E-state index contributed by atoms with van der Waals surface area (Å²) in [6.07, 6.45) is 0. The van der Waals surface area contributed by atoms with E-state index in [0.29, 0.717) is 36.0 Å². The van der Waals surface area contributed by atoms with E-state index in [0.717, 1.165) is 22.3 Å². The highest BCUT2D eigenvalue weighted by Gasteiger charge is 2.09. The van der Waals surface area contributed by atoms with Gasteiger partial charge in [0, 0.05) is 12.7 Å². The van der Waals surface area contributed by atoms with Gasteiger partial charge >= 0.3 is 5.97 Å². The number of hydrogen-bond donors (Lipinski definition) is 0. The molecular formula is C26H26O5. The number of esters is 1. The first kappa shape index (κ1) is 22.1. The van der Waals surface area contributed by atoms with E-state index >= 15 is 0 Å². The summed E-state index contributed by atoms with van der Waals surface area (Å²) in [5.74, 6) is 1.43. The SMILES string of the molecule is C=C(C)C(=O)Oc1ccc(-c2ccc(-c3ccc(OCCOC)c(OC)c3)cc2)cc1. The van der Waals surface area contributed by atoms with Gasteiger partial charge in [-0.05, 0) is 53.4 Å². The first-order valence-corrected chi connectivity index (χ1v) is 9.90. The lowest BCUT2D eigenvalue weighted by atomic mass is 10.00. The van der Waals surface area contributed by atoms with Gasteiger partial charge in [-0.2, -0.15) is 0 Å². The molecule has 0 saturated carbocycles. The van der Waals surface area contributed by atoms with Crippen LogP contribution in [-0.2, 0) is 9.53 Å². The van der Waals surface area contributed by atoms with Crippen LogP contribution >= 0.6 is 0 Å². The van der Waals surface area contributed by atoms with Crippen molar-refractivity contribution in [2.75, 3.05) is 27.4 Å². The van der Waals surface area contributed by atoms with Crippen LogP contribution in [0.3, 0.4) is 0 Å². The Bertz CT molecular complexity index is 1040. The highest BCUT2D eigenvalue weighted by atomic mass is 16.5. The predicted octanol–water partition coefficient (Wildman–Crippen LogP) is 5.54. The molecule has 3 aromatic carbocycles. The van der Waals surface area contributed by atoms with Gasteiger partial charge in [0.1, 0.15) is 12.4 Å². The zero-order valence-corrected chi connectivity index (χ0v) is 18.0. The normalized spacial score (nSPS) is 10.4. The van der Waals surface area contributed by atoms with E-state index in [1.807, 2.05) is 30.3 Å². The first-order chi connectivity index (χ1) is 15.0. The van der Waals surface area contributed by atoms with E-state index in [-0.39, 0.29) is 0 Å². The summed E-state index contributed by atoms with van der Waals surface area (Å²) in [4.78, 5) is 11.6. The third kappa shape index (κ3) is 5.74. The molecule has 160 valence electrons. The Kier molecular flexibility index (Phi) is 7.46. The summed E-state index contributed by atoms with van der Waals surface area (Å²) in [6, 6.07) is 21.5. The second kappa shape index (κ2) is 10.5. The van der Waals surface area contributed by atoms with Crippen LogP contribution in [0.2, 0.25) is 0 Å². The average molecular weight is 418 g/mol. The van der Waals surface area contributed by atoms with E-state index in [1.54, 1.807) is 33.3 Å². The minimum atomic E-state index is -0.428. The molecule has 0 unspecified atom stereocenters. The molecule has 0 heterocycles. The standard InChI is InChI=1S/C26H26O5/c1-18(2)26(27)31-23-12-9-20(10-13-23)19-5-7-21(8-6-19)22-11-14-24(25(17-22)29-4)30-16-15-28-3/h5-14,17H,1,15-16H2,2-4H3. The Morgan fingerprint density at radius 1 is 0.774 bits per heavy atom. The lowest BCUT2D eigenvalue weighted by Crippen LogP contribution is -2.07. The maximum atomic E-state index is 11.6. The lowest BCUT2D eigenvalue weighted by molar-refractivity contribution is -0.130. The molecule has 0 aliphatic carbocycles. The summed E-state index contributed by atoms with van der Waals surface area (Å²) in [6.45, 7) is 6.19. The molecule has 5 heteroatoms. The fourth-order valence-corrected chi connectivity index (χ4v) is 2.97. The third-order valence-corrected chi connectivity index (χ3v) is 4.67. The van der Waals surface area contributed by atoms with Gasteiger partial charge in [-0.1, -0.05) is 49.0 Å². The van der Waals surface area contributed by atoms with Gasteiger partial charge in [0.25, 0.3) is 0 Å². The maximum Gasteiger partial charge on any atom is 0.338 e. The highest BCUT2D eigenvalue weighted by molar-refractivity contribution is 5.88. The van der Waals surface area contributed by atoms with Gasteiger partial charge in [0.2, 0.25) is 0 Å². The van der Waals surface area contributed by atoms with Crippen LogP contribution in [0, 0.1) is 0 Å². The van der Waals surface area contributed by atoms with E-state index in [1.165, 1.54) is 0 Å². The molecule has 0 spiro atoms. The maximum absolute atomic E-state index is 11.6. The molecule has 0 radical (unpaired) electrons. The Morgan fingerprint density at radius 2 is 1.32 bits per heavy atom. The summed E-state index contributed by atoms with van der Waals surface area (Å²) in [5.41, 5.74) is 4.56. The van der Waals surface area contributed by atoms with Crippen molar-refractivity contribution in [3.05, 3.63) is 78.9 Å². The molecular weight excluding hydrogens is 392 g/mol. The van der Waals surface area contributed by atoms with Crippen molar-refractivity contribution in [1.82, 2.24) is 0 Å². The number of carbonyl (C=O) groups excluding carboxylic acids is 1. The van der Waals surface area contributed by atoms with Gasteiger partial charge in [0.05, 0.1) is 13.7 Å². The van der Waals surface area contributed by atoms with Crippen molar-refractivity contribution >= 4 is 5.97 Å². The minimum absolute atomic E-state index is 0.367. The number of hydrogen-bond acceptors (Lipinski definition) is 5. The Balaban J connectivity index is 1.74. The molecule has 3 aromatic rings. The van der Waals surface area contributed by atoms with Gasteiger partial charge in [-0.15, -0.1) is 0 Å². The highest BCUT2D eigenvalue weighted by Crippen LogP contribution is 2.33. The monoisotopic (exact) mass is 418 g/mol. The smallest absolute Gasteiger partial charge is 0.338 e. The molecule has 0 aliphatic rings. The average Bonchev–Trinajstić information content (AvgIpc) is 2.80. The molecule has 0 bridgehead atoms. The number of ether oxygens (including phenoxy) is 4. The number of carbonyl (C=O) groups is 1. The van der Waals surface area contributed by atoms with E-state index < -0.39 is 5.97 Å². The zero-order valence-electron chi connectivity index (χ0n) is 18.0. The zero-order chi connectivity index (χ0) is 22.2. The van der Waals surface area contributed by atoms with Gasteiger partial charge < -0.3 is 18.9 Å². The summed E-state index contributed by atoms with van der Waals surface area (Å²) >= 11 is 0. The van der Waals surface area contributed by atoms with E-state index in [2.05, 4.69) is 30.8 Å². The van der Waals surface area contributed by atoms with Crippen LogP contribution in [-0.4, -0.2) is 33.4 Å². The van der Waals surface area contributed by atoms with Crippen LogP contribution in [0.5, 0.6) is 17.2 Å². The van der Waals surface area contributed by atoms with Crippen molar-refractivity contribution in [2.45, 2.75) is 6.92 Å². The molecule has 0 aliphatic heterocycles. The van der Waals surface area contributed by atoms with Crippen LogP contribution in [0.4, 0.5) is 0 Å².